The minimum absolute atomic E-state index is 0.296. The molecule has 1 aromatic carbocycles. The Bertz CT molecular complexity index is 369. The van der Waals surface area contributed by atoms with Crippen LogP contribution in [0.2, 0.25) is 0 Å². The van der Waals surface area contributed by atoms with Crippen molar-refractivity contribution in [3.8, 4) is 0 Å². The van der Waals surface area contributed by atoms with E-state index in [1.54, 1.807) is 0 Å². The van der Waals surface area contributed by atoms with E-state index in [0.29, 0.717) is 5.92 Å². The van der Waals surface area contributed by atoms with Gasteiger partial charge in [-0.15, -0.1) is 0 Å². The summed E-state index contributed by atoms with van der Waals surface area (Å²) in [7, 11) is 0. The molecule has 18 heavy (non-hydrogen) atoms. The van der Waals surface area contributed by atoms with Crippen LogP contribution >= 0.6 is 0 Å². The van der Waals surface area contributed by atoms with Crippen molar-refractivity contribution in [2.24, 2.45) is 0 Å². The van der Waals surface area contributed by atoms with Gasteiger partial charge in [0.25, 0.3) is 0 Å². The Morgan fingerprint density at radius 2 is 1.33 bits per heavy atom. The minimum atomic E-state index is -0.442. The molecule has 0 saturated heterocycles. The lowest BCUT2D eigenvalue weighted by molar-refractivity contribution is -0.401. The molecular weight excluding hydrogens is 224 g/mol. The van der Waals surface area contributed by atoms with Crippen molar-refractivity contribution in [1.29, 1.82) is 0 Å². The molecule has 0 N–H and O–H groups in total. The molecule has 0 amide bonds. The molecule has 0 radical (unpaired) electrons. The van der Waals surface area contributed by atoms with Crippen LogP contribution in [0.4, 0.5) is 0 Å². The van der Waals surface area contributed by atoms with Crippen molar-refractivity contribution in [2.75, 3.05) is 0 Å². The van der Waals surface area contributed by atoms with Crippen molar-refractivity contribution in [1.82, 2.24) is 0 Å². The topological polar surface area (TPSA) is 18.5 Å². The normalized spacial score (nSPS) is 13.1. The Morgan fingerprint density at radius 1 is 0.833 bits per heavy atom. The monoisotopic (exact) mass is 250 g/mol. The van der Waals surface area contributed by atoms with E-state index in [9.17, 15) is 0 Å². The zero-order chi connectivity index (χ0) is 14.0. The van der Waals surface area contributed by atoms with Crippen LogP contribution in [0.15, 0.2) is 24.3 Å². The molecule has 0 aromatic heterocycles. The molecule has 0 aliphatic rings. The standard InChI is InChI=1S/C16H26O2/c1-12(2)13-8-10-14(11-9-13)16(6,7)18-17-15(3,4)5/h8-12H,1-7H3. The van der Waals surface area contributed by atoms with Gasteiger partial charge >= 0.3 is 0 Å². The fraction of sp³-hybridized carbons (Fsp3) is 0.625. The summed E-state index contributed by atoms with van der Waals surface area (Å²) in [5.41, 5.74) is 1.72. The van der Waals surface area contributed by atoms with Gasteiger partial charge in [-0.1, -0.05) is 38.1 Å². The second-order valence-corrected chi connectivity index (χ2v) is 6.57. The number of hydrogen-bond donors (Lipinski definition) is 0. The summed E-state index contributed by atoms with van der Waals surface area (Å²) < 4.78 is 0. The lowest BCUT2D eigenvalue weighted by Crippen LogP contribution is -2.28. The first kappa shape index (κ1) is 15.2. The molecule has 102 valence electrons. The first-order chi connectivity index (χ1) is 8.12. The second kappa shape index (κ2) is 5.41. The second-order valence-electron chi connectivity index (χ2n) is 6.57. The molecule has 0 aliphatic heterocycles. The van der Waals surface area contributed by atoms with Crippen molar-refractivity contribution in [2.45, 2.75) is 65.6 Å². The van der Waals surface area contributed by atoms with E-state index < -0.39 is 5.60 Å². The average Bonchev–Trinajstić information content (AvgIpc) is 2.26. The summed E-state index contributed by atoms with van der Waals surface area (Å²) >= 11 is 0. The summed E-state index contributed by atoms with van der Waals surface area (Å²) in [4.78, 5) is 11.0. The van der Waals surface area contributed by atoms with Crippen molar-refractivity contribution in [3.63, 3.8) is 0 Å². The van der Waals surface area contributed by atoms with Gasteiger partial charge in [0.1, 0.15) is 5.60 Å². The molecule has 0 bridgehead atoms. The van der Waals surface area contributed by atoms with Crippen molar-refractivity contribution in [3.05, 3.63) is 35.4 Å². The van der Waals surface area contributed by atoms with E-state index in [4.69, 9.17) is 9.78 Å². The molecule has 2 heteroatoms. The van der Waals surface area contributed by atoms with E-state index in [2.05, 4.69) is 38.1 Å². The number of rotatable bonds is 4. The third kappa shape index (κ3) is 4.43. The molecule has 2 nitrogen and oxygen atoms in total. The highest BCUT2D eigenvalue weighted by atomic mass is 17.2. The van der Waals surface area contributed by atoms with E-state index in [1.165, 1.54) is 5.56 Å². The summed E-state index contributed by atoms with van der Waals surface area (Å²) in [6.45, 7) is 14.4. The highest BCUT2D eigenvalue weighted by Gasteiger charge is 2.25. The smallest absolute Gasteiger partial charge is 0.123 e. The van der Waals surface area contributed by atoms with Gasteiger partial charge in [0.15, 0.2) is 0 Å². The first-order valence-electron chi connectivity index (χ1n) is 6.59. The Hall–Kier alpha value is -0.860. The Kier molecular flexibility index (Phi) is 4.57. The van der Waals surface area contributed by atoms with Crippen LogP contribution in [0, 0.1) is 0 Å². The molecule has 0 saturated carbocycles. The average molecular weight is 250 g/mol. The number of benzene rings is 1. The predicted molar refractivity (Wildman–Crippen MR) is 75.5 cm³/mol. The molecule has 0 spiro atoms. The minimum Gasteiger partial charge on any atom is -0.230 e. The van der Waals surface area contributed by atoms with Crippen LogP contribution in [0.25, 0.3) is 0 Å². The zero-order valence-corrected chi connectivity index (χ0v) is 12.7. The van der Waals surface area contributed by atoms with Crippen LogP contribution < -0.4 is 0 Å². The van der Waals surface area contributed by atoms with Gasteiger partial charge < -0.3 is 0 Å². The summed E-state index contributed by atoms with van der Waals surface area (Å²) in [6.07, 6.45) is 0. The van der Waals surface area contributed by atoms with Gasteiger partial charge in [-0.05, 0) is 51.7 Å². The largest absolute Gasteiger partial charge is 0.230 e. The summed E-state index contributed by atoms with van der Waals surface area (Å²) in [5, 5.41) is 0. The van der Waals surface area contributed by atoms with E-state index in [-0.39, 0.29) is 5.60 Å². The Balaban J connectivity index is 2.78. The molecular formula is C16H26O2. The lowest BCUT2D eigenvalue weighted by Gasteiger charge is -2.29. The molecule has 0 aliphatic carbocycles. The lowest BCUT2D eigenvalue weighted by atomic mass is 9.94. The van der Waals surface area contributed by atoms with Crippen molar-refractivity contribution < 1.29 is 9.78 Å². The Labute approximate surface area is 111 Å². The SMILES string of the molecule is CC(C)c1ccc(C(C)(C)OOC(C)(C)C)cc1. The zero-order valence-electron chi connectivity index (χ0n) is 12.7. The number of hydrogen-bond acceptors (Lipinski definition) is 2. The quantitative estimate of drug-likeness (QED) is 0.565. The van der Waals surface area contributed by atoms with Crippen molar-refractivity contribution >= 4 is 0 Å². The highest BCUT2D eigenvalue weighted by Crippen LogP contribution is 2.28. The molecule has 1 rings (SSSR count). The fourth-order valence-corrected chi connectivity index (χ4v) is 1.55. The molecule has 1 aromatic rings. The van der Waals surface area contributed by atoms with Crippen LogP contribution in [0.5, 0.6) is 0 Å². The van der Waals surface area contributed by atoms with Gasteiger partial charge in [0.05, 0.1) is 5.60 Å². The third-order valence-electron chi connectivity index (χ3n) is 2.77. The molecule has 0 fully saturated rings. The summed E-state index contributed by atoms with van der Waals surface area (Å²) in [5.74, 6) is 0.550. The van der Waals surface area contributed by atoms with Gasteiger partial charge in [0, 0.05) is 0 Å². The first-order valence-corrected chi connectivity index (χ1v) is 6.59. The van der Waals surface area contributed by atoms with Crippen LogP contribution in [-0.4, -0.2) is 5.60 Å². The van der Waals surface area contributed by atoms with Gasteiger partial charge in [-0.2, -0.15) is 0 Å². The molecule has 0 unspecified atom stereocenters. The van der Waals surface area contributed by atoms with Crippen LogP contribution in [0.1, 0.15) is 65.5 Å². The maximum Gasteiger partial charge on any atom is 0.123 e. The molecule has 0 atom stereocenters. The van der Waals surface area contributed by atoms with Gasteiger partial charge in [-0.25, -0.2) is 9.78 Å². The fourth-order valence-electron chi connectivity index (χ4n) is 1.55. The third-order valence-corrected chi connectivity index (χ3v) is 2.77. The maximum atomic E-state index is 5.58. The summed E-state index contributed by atoms with van der Waals surface area (Å²) in [6, 6.07) is 8.53. The van der Waals surface area contributed by atoms with Gasteiger partial charge in [0.2, 0.25) is 0 Å². The Morgan fingerprint density at radius 3 is 1.72 bits per heavy atom. The molecule has 0 heterocycles. The van der Waals surface area contributed by atoms with Crippen LogP contribution in [0.3, 0.4) is 0 Å². The van der Waals surface area contributed by atoms with Gasteiger partial charge in [-0.3, -0.25) is 0 Å². The van der Waals surface area contributed by atoms with E-state index in [1.807, 2.05) is 34.6 Å². The van der Waals surface area contributed by atoms with Crippen LogP contribution in [-0.2, 0) is 15.4 Å². The predicted octanol–water partition coefficient (Wildman–Crippen LogP) is 4.79. The highest BCUT2D eigenvalue weighted by molar-refractivity contribution is 5.28. The van der Waals surface area contributed by atoms with E-state index >= 15 is 0 Å². The maximum absolute atomic E-state index is 5.58. The van der Waals surface area contributed by atoms with E-state index in [0.717, 1.165) is 5.56 Å².